The van der Waals surface area contributed by atoms with Crippen molar-refractivity contribution < 1.29 is 18.0 Å². The zero-order valence-corrected chi connectivity index (χ0v) is 20.1. The lowest BCUT2D eigenvalue weighted by atomic mass is 9.80. The fraction of sp³-hybridized carbons (Fsp3) is 0.259. The third-order valence-corrected chi connectivity index (χ3v) is 9.27. The van der Waals surface area contributed by atoms with Gasteiger partial charge in [0.15, 0.2) is 0 Å². The van der Waals surface area contributed by atoms with Crippen LogP contribution in [-0.4, -0.2) is 48.8 Å². The summed E-state index contributed by atoms with van der Waals surface area (Å²) in [5, 5.41) is 0. The molecule has 0 spiro atoms. The molecule has 0 aromatic heterocycles. The Balaban J connectivity index is 1.44. The smallest absolute Gasteiger partial charge is 0.266 e. The van der Waals surface area contributed by atoms with Crippen molar-refractivity contribution >= 4 is 27.5 Å². The Morgan fingerprint density at radius 2 is 1.51 bits per heavy atom. The van der Waals surface area contributed by atoms with Crippen LogP contribution in [-0.2, 0) is 31.6 Å². The first kappa shape index (κ1) is 21.9. The fourth-order valence-electron chi connectivity index (χ4n) is 5.94. The summed E-state index contributed by atoms with van der Waals surface area (Å²) in [6.45, 7) is 2.24. The minimum absolute atomic E-state index is 0.0770. The van der Waals surface area contributed by atoms with Gasteiger partial charge in [-0.1, -0.05) is 73.7 Å². The standard InChI is InChI=1S/C27H25N3O4S/c1-27-16-23-25(32)28(17-19-10-4-2-5-11-19)18-24(31)29(23)26(27)30(22-15-9-8-14-21(22)27)35(33,34)20-12-6-3-7-13-20/h2-15,23,26H,16-18H2,1H3/t23-,26-,27+/m1/s1. The van der Waals surface area contributed by atoms with E-state index in [1.807, 2.05) is 49.4 Å². The summed E-state index contributed by atoms with van der Waals surface area (Å²) >= 11 is 0. The van der Waals surface area contributed by atoms with E-state index in [0.29, 0.717) is 18.7 Å². The topological polar surface area (TPSA) is 78.0 Å². The zero-order valence-electron chi connectivity index (χ0n) is 19.2. The van der Waals surface area contributed by atoms with Gasteiger partial charge in [-0.2, -0.15) is 0 Å². The number of rotatable bonds is 4. The monoisotopic (exact) mass is 487 g/mol. The van der Waals surface area contributed by atoms with E-state index in [4.69, 9.17) is 0 Å². The quantitative estimate of drug-likeness (QED) is 0.567. The van der Waals surface area contributed by atoms with E-state index < -0.39 is 27.6 Å². The molecule has 0 N–H and O–H groups in total. The van der Waals surface area contributed by atoms with Crippen LogP contribution >= 0.6 is 0 Å². The maximum Gasteiger partial charge on any atom is 0.266 e. The largest absolute Gasteiger partial charge is 0.327 e. The van der Waals surface area contributed by atoms with Crippen LogP contribution in [0.5, 0.6) is 0 Å². The van der Waals surface area contributed by atoms with Crippen LogP contribution in [0, 0.1) is 0 Å². The Bertz CT molecular complexity index is 1430. The van der Waals surface area contributed by atoms with Gasteiger partial charge in [-0.3, -0.25) is 9.59 Å². The highest BCUT2D eigenvalue weighted by molar-refractivity contribution is 7.92. The van der Waals surface area contributed by atoms with Gasteiger partial charge in [0.05, 0.1) is 10.6 Å². The van der Waals surface area contributed by atoms with Crippen molar-refractivity contribution in [3.05, 3.63) is 96.1 Å². The van der Waals surface area contributed by atoms with Gasteiger partial charge in [0.25, 0.3) is 10.0 Å². The molecule has 3 aromatic rings. The molecule has 2 amide bonds. The molecule has 6 rings (SSSR count). The number of anilines is 1. The summed E-state index contributed by atoms with van der Waals surface area (Å²) in [5.41, 5.74) is 1.64. The maximum absolute atomic E-state index is 13.9. The van der Waals surface area contributed by atoms with Crippen molar-refractivity contribution in [2.45, 2.75) is 42.4 Å². The zero-order chi connectivity index (χ0) is 24.4. The average Bonchev–Trinajstić information content (AvgIpc) is 3.31. The van der Waals surface area contributed by atoms with Crippen LogP contribution in [0.1, 0.15) is 24.5 Å². The van der Waals surface area contributed by atoms with Crippen LogP contribution in [0.2, 0.25) is 0 Å². The molecule has 0 radical (unpaired) electrons. The van der Waals surface area contributed by atoms with Crippen molar-refractivity contribution in [3.8, 4) is 0 Å². The van der Waals surface area contributed by atoms with Crippen molar-refractivity contribution in [1.82, 2.24) is 9.80 Å². The molecule has 3 atom stereocenters. The number of para-hydroxylation sites is 1. The second-order valence-corrected chi connectivity index (χ2v) is 11.4. The first-order valence-corrected chi connectivity index (χ1v) is 13.1. The van der Waals surface area contributed by atoms with Gasteiger partial charge in [0.2, 0.25) is 11.8 Å². The van der Waals surface area contributed by atoms with Crippen LogP contribution in [0.4, 0.5) is 5.69 Å². The van der Waals surface area contributed by atoms with E-state index in [1.54, 1.807) is 47.4 Å². The molecule has 0 saturated carbocycles. The van der Waals surface area contributed by atoms with Gasteiger partial charge >= 0.3 is 0 Å². The van der Waals surface area contributed by atoms with E-state index in [-0.39, 0.29) is 23.3 Å². The minimum atomic E-state index is -3.98. The van der Waals surface area contributed by atoms with Crippen molar-refractivity contribution in [2.24, 2.45) is 0 Å². The summed E-state index contributed by atoms with van der Waals surface area (Å²) in [5.74, 6) is -0.376. The summed E-state index contributed by atoms with van der Waals surface area (Å²) < 4.78 is 29.3. The van der Waals surface area contributed by atoms with E-state index in [1.165, 1.54) is 9.21 Å². The third-order valence-electron chi connectivity index (χ3n) is 7.49. The lowest BCUT2D eigenvalue weighted by Gasteiger charge is -2.42. The molecule has 3 aliphatic rings. The molecule has 2 saturated heterocycles. The molecular weight excluding hydrogens is 462 g/mol. The highest BCUT2D eigenvalue weighted by Crippen LogP contribution is 2.56. The van der Waals surface area contributed by atoms with Crippen LogP contribution in [0.25, 0.3) is 0 Å². The predicted molar refractivity (Wildman–Crippen MR) is 131 cm³/mol. The molecule has 0 bridgehead atoms. The van der Waals surface area contributed by atoms with Crippen LogP contribution in [0.3, 0.4) is 0 Å². The molecule has 7 nitrogen and oxygen atoms in total. The number of hydrogen-bond donors (Lipinski definition) is 0. The maximum atomic E-state index is 13.9. The van der Waals surface area contributed by atoms with E-state index >= 15 is 0 Å². The summed E-state index contributed by atoms with van der Waals surface area (Å²) in [6.07, 6.45) is -0.434. The molecule has 0 unspecified atom stereocenters. The number of benzene rings is 3. The Morgan fingerprint density at radius 1 is 0.886 bits per heavy atom. The number of nitrogens with zero attached hydrogens (tertiary/aromatic N) is 3. The van der Waals surface area contributed by atoms with Crippen LogP contribution < -0.4 is 4.31 Å². The van der Waals surface area contributed by atoms with E-state index in [9.17, 15) is 18.0 Å². The number of piperazine rings is 1. The van der Waals surface area contributed by atoms with Gasteiger partial charge in [0, 0.05) is 12.0 Å². The fourth-order valence-corrected chi connectivity index (χ4v) is 7.68. The third kappa shape index (κ3) is 3.13. The molecule has 3 heterocycles. The number of sulfonamides is 1. The molecule has 35 heavy (non-hydrogen) atoms. The average molecular weight is 488 g/mol. The molecule has 3 aromatic carbocycles. The number of carbonyl (C=O) groups is 2. The van der Waals surface area contributed by atoms with E-state index in [0.717, 1.165) is 11.1 Å². The SMILES string of the molecule is C[C@@]12C[C@@H]3C(=O)N(Cc4ccccc4)CC(=O)N3[C@@H]1N(S(=O)(=O)c1ccccc1)c1ccccc12. The van der Waals surface area contributed by atoms with Crippen molar-refractivity contribution in [2.75, 3.05) is 10.8 Å². The number of amides is 2. The Morgan fingerprint density at radius 3 is 2.23 bits per heavy atom. The number of hydrogen-bond acceptors (Lipinski definition) is 4. The first-order chi connectivity index (χ1) is 16.8. The molecule has 3 aliphatic heterocycles. The predicted octanol–water partition coefficient (Wildman–Crippen LogP) is 3.12. The molecule has 178 valence electrons. The highest BCUT2D eigenvalue weighted by Gasteiger charge is 2.65. The van der Waals surface area contributed by atoms with Gasteiger partial charge in [-0.25, -0.2) is 12.7 Å². The van der Waals surface area contributed by atoms with Gasteiger partial charge in [-0.05, 0) is 35.7 Å². The van der Waals surface area contributed by atoms with Crippen LogP contribution in [0.15, 0.2) is 89.8 Å². The minimum Gasteiger partial charge on any atom is -0.327 e. The Hall–Kier alpha value is -3.65. The van der Waals surface area contributed by atoms with Crippen molar-refractivity contribution in [3.63, 3.8) is 0 Å². The lowest BCUT2D eigenvalue weighted by molar-refractivity contribution is -0.155. The van der Waals surface area contributed by atoms with Gasteiger partial charge in [0.1, 0.15) is 18.8 Å². The van der Waals surface area contributed by atoms with Crippen molar-refractivity contribution in [1.29, 1.82) is 0 Å². The van der Waals surface area contributed by atoms with E-state index in [2.05, 4.69) is 0 Å². The molecular formula is C27H25N3O4S. The normalized spacial score (nSPS) is 25.5. The Kier molecular flexibility index (Phi) is 4.79. The molecule has 2 fully saturated rings. The summed E-state index contributed by atoms with van der Waals surface area (Å²) in [7, 11) is -3.98. The lowest BCUT2D eigenvalue weighted by Crippen LogP contribution is -2.62. The summed E-state index contributed by atoms with van der Waals surface area (Å²) in [6, 6.07) is 24.5. The first-order valence-electron chi connectivity index (χ1n) is 11.7. The van der Waals surface area contributed by atoms with Gasteiger partial charge in [-0.15, -0.1) is 0 Å². The van der Waals surface area contributed by atoms with Gasteiger partial charge < -0.3 is 9.80 Å². The highest BCUT2D eigenvalue weighted by atomic mass is 32.2. The summed E-state index contributed by atoms with van der Waals surface area (Å²) in [4.78, 5) is 30.5. The number of carbonyl (C=O) groups excluding carboxylic acids is 2. The molecule has 0 aliphatic carbocycles. The number of fused-ring (bicyclic) bond motifs is 5. The second-order valence-electron chi connectivity index (χ2n) is 9.62. The second kappa shape index (κ2) is 7.68. The Labute approximate surface area is 204 Å². The molecule has 8 heteroatoms.